The lowest BCUT2D eigenvalue weighted by Gasteiger charge is -2.19. The van der Waals surface area contributed by atoms with Gasteiger partial charge >= 0.3 is 0 Å². The summed E-state index contributed by atoms with van der Waals surface area (Å²) in [5.41, 5.74) is 9.08. The normalized spacial score (nSPS) is 17.2. The van der Waals surface area contributed by atoms with Crippen molar-refractivity contribution in [2.24, 2.45) is 5.73 Å². The van der Waals surface area contributed by atoms with Gasteiger partial charge in [-0.25, -0.2) is 4.39 Å². The van der Waals surface area contributed by atoms with E-state index in [9.17, 15) is 4.39 Å². The molecule has 21 heavy (non-hydrogen) atoms. The molecule has 0 aromatic heterocycles. The zero-order chi connectivity index (χ0) is 15.2. The van der Waals surface area contributed by atoms with Gasteiger partial charge in [0.15, 0.2) is 0 Å². The van der Waals surface area contributed by atoms with Gasteiger partial charge in [-0.1, -0.05) is 37.6 Å². The first kappa shape index (κ1) is 14.4. The van der Waals surface area contributed by atoms with Crippen LogP contribution in [0.3, 0.4) is 0 Å². The van der Waals surface area contributed by atoms with E-state index in [2.05, 4.69) is 19.9 Å². The molecule has 2 aromatic carbocycles. The second-order valence-electron chi connectivity index (χ2n) is 6.07. The maximum atomic E-state index is 13.2. The molecule has 0 bridgehead atoms. The highest BCUT2D eigenvalue weighted by Gasteiger charge is 2.32. The smallest absolute Gasteiger partial charge is 0.124 e. The van der Waals surface area contributed by atoms with Crippen LogP contribution >= 0.6 is 11.6 Å². The first-order valence-corrected chi connectivity index (χ1v) is 7.24. The minimum Gasteiger partial charge on any atom is -0.492 e. The molecule has 2 aromatic rings. The van der Waals surface area contributed by atoms with Crippen molar-refractivity contribution in [1.29, 1.82) is 0 Å². The summed E-state index contributed by atoms with van der Waals surface area (Å²) in [4.78, 5) is 0. The molecule has 1 unspecified atom stereocenters. The molecule has 0 saturated heterocycles. The maximum absolute atomic E-state index is 13.2. The molecule has 0 fully saturated rings. The van der Waals surface area contributed by atoms with Crippen LogP contribution < -0.4 is 10.5 Å². The second-order valence-corrected chi connectivity index (χ2v) is 6.48. The van der Waals surface area contributed by atoms with Gasteiger partial charge in [-0.05, 0) is 35.4 Å². The fourth-order valence-electron chi connectivity index (χ4n) is 2.67. The molecule has 0 aliphatic carbocycles. The highest BCUT2D eigenvalue weighted by atomic mass is 35.5. The third kappa shape index (κ3) is 2.52. The summed E-state index contributed by atoms with van der Waals surface area (Å²) in [6, 6.07) is 9.85. The highest BCUT2D eigenvalue weighted by Crippen LogP contribution is 2.40. The molecule has 2 N–H and O–H groups in total. The minimum atomic E-state index is -0.389. The van der Waals surface area contributed by atoms with E-state index in [0.717, 1.165) is 22.4 Å². The molecule has 0 spiro atoms. The first-order valence-electron chi connectivity index (χ1n) is 6.86. The minimum absolute atomic E-state index is 0.0301. The van der Waals surface area contributed by atoms with Crippen molar-refractivity contribution in [3.05, 3.63) is 63.9 Å². The Morgan fingerprint density at radius 2 is 2.00 bits per heavy atom. The Bertz CT molecular complexity index is 699. The van der Waals surface area contributed by atoms with Crippen molar-refractivity contribution < 1.29 is 9.13 Å². The molecule has 1 heterocycles. The maximum Gasteiger partial charge on any atom is 0.124 e. The van der Waals surface area contributed by atoms with Crippen LogP contribution in [0.15, 0.2) is 36.4 Å². The van der Waals surface area contributed by atoms with Crippen LogP contribution in [0.5, 0.6) is 5.75 Å². The summed E-state index contributed by atoms with van der Waals surface area (Å²) in [6.45, 7) is 4.94. The Morgan fingerprint density at radius 1 is 1.24 bits per heavy atom. The Balaban J connectivity index is 2.01. The Morgan fingerprint density at radius 3 is 2.71 bits per heavy atom. The molecule has 3 rings (SSSR count). The topological polar surface area (TPSA) is 35.2 Å². The van der Waals surface area contributed by atoms with E-state index in [1.165, 1.54) is 12.1 Å². The van der Waals surface area contributed by atoms with Gasteiger partial charge in [0.1, 0.15) is 11.6 Å². The lowest BCUT2D eigenvalue weighted by molar-refractivity contribution is 0.291. The molecule has 0 radical (unpaired) electrons. The third-order valence-electron chi connectivity index (χ3n) is 3.98. The number of hydrogen-bond acceptors (Lipinski definition) is 2. The molecule has 1 aliphatic heterocycles. The summed E-state index contributed by atoms with van der Waals surface area (Å²) >= 11 is 6.10. The number of hydrogen-bond donors (Lipinski definition) is 1. The van der Waals surface area contributed by atoms with Gasteiger partial charge in [0.25, 0.3) is 0 Å². The number of nitrogens with two attached hydrogens (primary N) is 1. The van der Waals surface area contributed by atoms with Crippen molar-refractivity contribution in [3.8, 4) is 5.75 Å². The number of fused-ring (bicyclic) bond motifs is 1. The largest absolute Gasteiger partial charge is 0.492 e. The number of ether oxygens (including phenoxy) is 1. The summed E-state index contributed by atoms with van der Waals surface area (Å²) in [5, 5.41) is 0.346. The quantitative estimate of drug-likeness (QED) is 0.902. The lowest BCUT2D eigenvalue weighted by Crippen LogP contribution is -2.19. The lowest BCUT2D eigenvalue weighted by atomic mass is 9.85. The van der Waals surface area contributed by atoms with Crippen LogP contribution in [0, 0.1) is 5.82 Å². The molecule has 2 nitrogen and oxygen atoms in total. The molecular formula is C17H17ClFNO. The van der Waals surface area contributed by atoms with E-state index in [1.807, 2.05) is 12.1 Å². The van der Waals surface area contributed by atoms with Crippen LogP contribution in [-0.4, -0.2) is 6.61 Å². The van der Waals surface area contributed by atoms with Crippen LogP contribution in [0.25, 0.3) is 0 Å². The van der Waals surface area contributed by atoms with Crippen LogP contribution in [0.1, 0.15) is 36.6 Å². The Kier molecular flexibility index (Phi) is 3.42. The first-order chi connectivity index (χ1) is 9.88. The fourth-order valence-corrected chi connectivity index (χ4v) is 2.95. The van der Waals surface area contributed by atoms with E-state index >= 15 is 0 Å². The third-order valence-corrected chi connectivity index (χ3v) is 4.31. The van der Waals surface area contributed by atoms with Crippen LogP contribution in [0.2, 0.25) is 5.02 Å². The van der Waals surface area contributed by atoms with Crippen molar-refractivity contribution in [1.82, 2.24) is 0 Å². The van der Waals surface area contributed by atoms with Crippen molar-refractivity contribution >= 4 is 11.6 Å². The van der Waals surface area contributed by atoms with Gasteiger partial charge in [0, 0.05) is 16.0 Å². The van der Waals surface area contributed by atoms with Gasteiger partial charge in [-0.15, -0.1) is 0 Å². The molecule has 4 heteroatoms. The zero-order valence-corrected chi connectivity index (χ0v) is 12.7. The summed E-state index contributed by atoms with van der Waals surface area (Å²) in [7, 11) is 0. The van der Waals surface area contributed by atoms with Crippen molar-refractivity contribution in [3.63, 3.8) is 0 Å². The zero-order valence-electron chi connectivity index (χ0n) is 12.0. The Hall–Kier alpha value is -1.58. The number of halogens is 2. The predicted octanol–water partition coefficient (Wildman–Crippen LogP) is 4.20. The standard InChI is InChI=1S/C17H17ClFNO/c1-17(2)9-21-15-6-3-10(7-13(15)17)16(20)12-5-4-11(19)8-14(12)18/h3-8,16H,9,20H2,1-2H3. The van der Waals surface area contributed by atoms with Crippen LogP contribution in [0.4, 0.5) is 4.39 Å². The Labute approximate surface area is 128 Å². The monoisotopic (exact) mass is 305 g/mol. The fraction of sp³-hybridized carbons (Fsp3) is 0.294. The molecular weight excluding hydrogens is 289 g/mol. The van der Waals surface area contributed by atoms with Crippen molar-refractivity contribution in [2.45, 2.75) is 25.3 Å². The van der Waals surface area contributed by atoms with Gasteiger partial charge < -0.3 is 10.5 Å². The molecule has 1 aliphatic rings. The highest BCUT2D eigenvalue weighted by molar-refractivity contribution is 6.31. The van der Waals surface area contributed by atoms with Gasteiger partial charge in [0.2, 0.25) is 0 Å². The molecule has 0 saturated carbocycles. The van der Waals surface area contributed by atoms with Crippen molar-refractivity contribution in [2.75, 3.05) is 6.61 Å². The SMILES string of the molecule is CC1(C)COc2ccc(C(N)c3ccc(F)cc3Cl)cc21. The van der Waals surface area contributed by atoms with Gasteiger partial charge in [-0.2, -0.15) is 0 Å². The number of benzene rings is 2. The van der Waals surface area contributed by atoms with Gasteiger partial charge in [0.05, 0.1) is 12.6 Å². The summed E-state index contributed by atoms with van der Waals surface area (Å²) in [5.74, 6) is 0.542. The van der Waals surface area contributed by atoms with E-state index in [0.29, 0.717) is 11.6 Å². The predicted molar refractivity (Wildman–Crippen MR) is 82.4 cm³/mol. The average molecular weight is 306 g/mol. The van der Waals surface area contributed by atoms with Crippen LogP contribution in [-0.2, 0) is 5.41 Å². The van der Waals surface area contributed by atoms with E-state index in [-0.39, 0.29) is 17.3 Å². The summed E-state index contributed by atoms with van der Waals surface area (Å²) in [6.07, 6.45) is 0. The van der Waals surface area contributed by atoms with Gasteiger partial charge in [-0.3, -0.25) is 0 Å². The van der Waals surface area contributed by atoms with E-state index < -0.39 is 0 Å². The second kappa shape index (κ2) is 5.00. The summed E-state index contributed by atoms with van der Waals surface area (Å²) < 4.78 is 18.8. The average Bonchev–Trinajstić information content (AvgIpc) is 2.74. The molecule has 0 amide bonds. The molecule has 110 valence electrons. The van der Waals surface area contributed by atoms with E-state index in [4.69, 9.17) is 22.1 Å². The van der Waals surface area contributed by atoms with E-state index in [1.54, 1.807) is 6.07 Å². The molecule has 1 atom stereocenters. The number of rotatable bonds is 2.